The number of alkyl carbamates (subject to hydrolysis) is 1. The van der Waals surface area contributed by atoms with Crippen LogP contribution in [-0.2, 0) is 4.74 Å². The zero-order valence-corrected chi connectivity index (χ0v) is 19.2. The number of aromatic amines is 1. The lowest BCUT2D eigenvalue weighted by Gasteiger charge is -2.23. The van der Waals surface area contributed by atoms with Gasteiger partial charge in [-0.05, 0) is 45.1 Å². The Morgan fingerprint density at radius 1 is 1.25 bits per heavy atom. The molecule has 2 saturated carbocycles. The number of anilines is 3. The molecule has 2 aliphatic carbocycles. The van der Waals surface area contributed by atoms with E-state index < -0.39 is 5.60 Å². The predicted octanol–water partition coefficient (Wildman–Crippen LogP) is 3.99. The van der Waals surface area contributed by atoms with Crippen LogP contribution in [0.15, 0.2) is 17.5 Å². The third kappa shape index (κ3) is 3.76. The molecule has 0 spiro atoms. The number of fused-ring (bicyclic) bond motifs is 2. The van der Waals surface area contributed by atoms with Gasteiger partial charge in [0.05, 0.1) is 10.2 Å². The fourth-order valence-corrected chi connectivity index (χ4v) is 5.33. The minimum Gasteiger partial charge on any atom is -0.444 e. The van der Waals surface area contributed by atoms with Crippen molar-refractivity contribution in [1.29, 1.82) is 0 Å². The Bertz CT molecular complexity index is 1170. The SMILES string of the molecule is CC(C)(C)OC(=O)N[C@H]1[C@@H]2CN(c3nc(Nc4cc(C5CC5)[nH]n4)c4sccc4n3)C[C@@H]21. The van der Waals surface area contributed by atoms with Crippen LogP contribution in [0.3, 0.4) is 0 Å². The third-order valence-corrected chi connectivity index (χ3v) is 7.22. The van der Waals surface area contributed by atoms with Gasteiger partial charge < -0.3 is 20.3 Å². The second kappa shape index (κ2) is 7.06. The lowest BCUT2D eigenvalue weighted by atomic mass is 10.2. The van der Waals surface area contributed by atoms with Crippen molar-refractivity contribution in [3.8, 4) is 0 Å². The second-order valence-corrected chi connectivity index (χ2v) is 10.9. The van der Waals surface area contributed by atoms with Crippen LogP contribution in [0.1, 0.15) is 45.2 Å². The molecular formula is C22H27N7O2S. The van der Waals surface area contributed by atoms with Crippen LogP contribution in [0.25, 0.3) is 10.2 Å². The zero-order chi connectivity index (χ0) is 22.0. The Balaban J connectivity index is 1.15. The first-order chi connectivity index (χ1) is 15.3. The summed E-state index contributed by atoms with van der Waals surface area (Å²) in [7, 11) is 0. The smallest absolute Gasteiger partial charge is 0.407 e. The highest BCUT2D eigenvalue weighted by Gasteiger charge is 2.57. The maximum Gasteiger partial charge on any atom is 0.407 e. The molecule has 9 nitrogen and oxygen atoms in total. The number of nitrogens with zero attached hydrogens (tertiary/aromatic N) is 4. The monoisotopic (exact) mass is 453 g/mol. The van der Waals surface area contributed by atoms with Gasteiger partial charge in [-0.2, -0.15) is 10.1 Å². The van der Waals surface area contributed by atoms with Gasteiger partial charge in [-0.15, -0.1) is 11.3 Å². The molecule has 1 saturated heterocycles. The van der Waals surface area contributed by atoms with Gasteiger partial charge in [0.2, 0.25) is 5.95 Å². The Morgan fingerprint density at radius 2 is 2.03 bits per heavy atom. The van der Waals surface area contributed by atoms with Gasteiger partial charge >= 0.3 is 6.09 Å². The Hall–Kier alpha value is -2.88. The average Bonchev–Trinajstić information content (AvgIpc) is 3.42. The molecule has 0 aromatic carbocycles. The van der Waals surface area contributed by atoms with E-state index in [4.69, 9.17) is 14.7 Å². The van der Waals surface area contributed by atoms with E-state index >= 15 is 0 Å². The van der Waals surface area contributed by atoms with E-state index in [1.807, 2.05) is 32.2 Å². The number of hydrogen-bond donors (Lipinski definition) is 3. The summed E-state index contributed by atoms with van der Waals surface area (Å²) < 4.78 is 6.42. The van der Waals surface area contributed by atoms with Crippen molar-refractivity contribution in [2.75, 3.05) is 23.3 Å². The summed E-state index contributed by atoms with van der Waals surface area (Å²) in [6, 6.07) is 4.28. The van der Waals surface area contributed by atoms with Crippen LogP contribution < -0.4 is 15.5 Å². The van der Waals surface area contributed by atoms with Crippen molar-refractivity contribution in [2.24, 2.45) is 11.8 Å². The third-order valence-electron chi connectivity index (χ3n) is 6.31. The number of ether oxygens (including phenoxy) is 1. The summed E-state index contributed by atoms with van der Waals surface area (Å²) in [5.41, 5.74) is 1.64. The van der Waals surface area contributed by atoms with E-state index in [0.717, 1.165) is 40.9 Å². The van der Waals surface area contributed by atoms with Gasteiger partial charge in [0, 0.05) is 48.6 Å². The molecule has 0 bridgehead atoms. The quantitative estimate of drug-likeness (QED) is 0.536. The fourth-order valence-electron chi connectivity index (χ4n) is 4.55. The van der Waals surface area contributed by atoms with Crippen LogP contribution in [0.5, 0.6) is 0 Å². The normalized spacial score (nSPS) is 24.5. The molecule has 6 rings (SSSR count). The number of hydrogen-bond acceptors (Lipinski definition) is 8. The highest BCUT2D eigenvalue weighted by Crippen LogP contribution is 2.47. The molecule has 0 radical (unpaired) electrons. The Morgan fingerprint density at radius 3 is 2.75 bits per heavy atom. The first-order valence-corrected chi connectivity index (χ1v) is 12.0. The molecule has 3 aromatic rings. The molecule has 1 aliphatic heterocycles. The molecule has 1 amide bonds. The number of carbonyl (C=O) groups excluding carboxylic acids is 1. The largest absolute Gasteiger partial charge is 0.444 e. The van der Waals surface area contributed by atoms with Crippen molar-refractivity contribution in [1.82, 2.24) is 25.5 Å². The number of thiophene rings is 1. The van der Waals surface area contributed by atoms with Crippen molar-refractivity contribution in [3.05, 3.63) is 23.2 Å². The van der Waals surface area contributed by atoms with Gasteiger partial charge in [0.1, 0.15) is 5.60 Å². The van der Waals surface area contributed by atoms with Crippen LogP contribution in [0, 0.1) is 11.8 Å². The van der Waals surface area contributed by atoms with Gasteiger partial charge in [-0.1, -0.05) is 0 Å². The van der Waals surface area contributed by atoms with Crippen molar-refractivity contribution in [3.63, 3.8) is 0 Å². The Kier molecular flexibility index (Phi) is 4.36. The van der Waals surface area contributed by atoms with E-state index in [2.05, 4.69) is 31.8 Å². The van der Waals surface area contributed by atoms with Crippen molar-refractivity contribution >= 4 is 45.2 Å². The summed E-state index contributed by atoms with van der Waals surface area (Å²) in [6.07, 6.45) is 2.13. The van der Waals surface area contributed by atoms with E-state index in [-0.39, 0.29) is 12.1 Å². The van der Waals surface area contributed by atoms with Gasteiger partial charge in [0.25, 0.3) is 0 Å². The molecule has 0 unspecified atom stereocenters. The van der Waals surface area contributed by atoms with Crippen molar-refractivity contribution in [2.45, 2.75) is 51.2 Å². The minimum absolute atomic E-state index is 0.175. The van der Waals surface area contributed by atoms with E-state index in [1.54, 1.807) is 11.3 Å². The van der Waals surface area contributed by atoms with Crippen LogP contribution in [0.4, 0.5) is 22.4 Å². The topological polar surface area (TPSA) is 108 Å². The molecule has 10 heteroatoms. The number of H-pyrrole nitrogens is 1. The van der Waals surface area contributed by atoms with Crippen LogP contribution >= 0.6 is 11.3 Å². The first kappa shape index (κ1) is 19.8. The summed E-state index contributed by atoms with van der Waals surface area (Å²) >= 11 is 1.63. The number of nitrogens with one attached hydrogen (secondary N) is 3. The first-order valence-electron chi connectivity index (χ1n) is 11.2. The summed E-state index contributed by atoms with van der Waals surface area (Å²) in [4.78, 5) is 24.0. The summed E-state index contributed by atoms with van der Waals surface area (Å²) in [6.45, 7) is 7.28. The molecule has 3 N–H and O–H groups in total. The molecule has 32 heavy (non-hydrogen) atoms. The number of rotatable bonds is 5. The fraction of sp³-hybridized carbons (Fsp3) is 0.545. The second-order valence-electron chi connectivity index (χ2n) is 10.0. The molecular weight excluding hydrogens is 426 g/mol. The van der Waals surface area contributed by atoms with E-state index in [1.165, 1.54) is 18.5 Å². The maximum atomic E-state index is 12.1. The lowest BCUT2D eigenvalue weighted by molar-refractivity contribution is 0.0518. The average molecular weight is 454 g/mol. The lowest BCUT2D eigenvalue weighted by Crippen LogP contribution is -2.38. The van der Waals surface area contributed by atoms with Gasteiger partial charge in [-0.25, -0.2) is 9.78 Å². The van der Waals surface area contributed by atoms with E-state index in [9.17, 15) is 4.79 Å². The maximum absolute atomic E-state index is 12.1. The molecule has 3 fully saturated rings. The summed E-state index contributed by atoms with van der Waals surface area (Å²) in [5.74, 6) is 3.75. The van der Waals surface area contributed by atoms with Crippen molar-refractivity contribution < 1.29 is 9.53 Å². The standard InChI is InChI=1S/C22H27N7O2S/c1-22(2,3)31-21(30)25-17-12-9-29(10-13(12)17)20-23-14-6-7-32-18(14)19(26-20)24-16-8-15(27-28-16)11-4-5-11/h6-8,11-13,17H,4-5,9-10H2,1-3H3,(H,25,30)(H2,23,24,26,27,28)/t12-,13+,17+. The van der Waals surface area contributed by atoms with Gasteiger partial charge in [0.15, 0.2) is 11.6 Å². The highest BCUT2D eigenvalue weighted by atomic mass is 32.1. The van der Waals surface area contributed by atoms with E-state index in [0.29, 0.717) is 17.8 Å². The molecule has 3 atom stereocenters. The number of piperidine rings is 1. The summed E-state index contributed by atoms with van der Waals surface area (Å²) in [5, 5.41) is 16.0. The zero-order valence-electron chi connectivity index (χ0n) is 18.4. The number of carbonyl (C=O) groups is 1. The number of amides is 1. The highest BCUT2D eigenvalue weighted by molar-refractivity contribution is 7.17. The predicted molar refractivity (Wildman–Crippen MR) is 124 cm³/mol. The Labute approximate surface area is 190 Å². The van der Waals surface area contributed by atoms with Crippen LogP contribution in [-0.4, -0.2) is 51.0 Å². The molecule has 3 aromatic heterocycles. The molecule has 3 aliphatic rings. The molecule has 4 heterocycles. The minimum atomic E-state index is -0.485. The molecule has 168 valence electrons. The van der Waals surface area contributed by atoms with Gasteiger partial charge in [-0.3, -0.25) is 5.10 Å². The number of aromatic nitrogens is 4. The van der Waals surface area contributed by atoms with Crippen LogP contribution in [0.2, 0.25) is 0 Å².